The average molecular weight is 338 g/mol. The van der Waals surface area contributed by atoms with Crippen molar-refractivity contribution in [2.24, 2.45) is 0 Å². The van der Waals surface area contributed by atoms with Gasteiger partial charge < -0.3 is 19.7 Å². The van der Waals surface area contributed by atoms with Crippen LogP contribution in [0.4, 0.5) is 0 Å². The van der Waals surface area contributed by atoms with Crippen molar-refractivity contribution in [3.8, 4) is 35.1 Å². The summed E-state index contributed by atoms with van der Waals surface area (Å²) in [6.07, 6.45) is 0.644. The first-order valence-electron chi connectivity index (χ1n) is 7.60. The molecule has 0 fully saturated rings. The van der Waals surface area contributed by atoms with E-state index in [1.165, 1.54) is 12.1 Å². The Kier molecular flexibility index (Phi) is 5.36. The Bertz CT molecular complexity index is 847. The monoisotopic (exact) mass is 338 g/mol. The van der Waals surface area contributed by atoms with Crippen LogP contribution in [0.1, 0.15) is 25.0 Å². The van der Waals surface area contributed by atoms with Crippen molar-refractivity contribution < 1.29 is 19.7 Å². The van der Waals surface area contributed by atoms with Crippen LogP contribution in [-0.4, -0.2) is 16.0 Å². The lowest BCUT2D eigenvalue weighted by atomic mass is 10.1. The fourth-order valence-corrected chi connectivity index (χ4v) is 2.24. The van der Waals surface area contributed by atoms with Crippen molar-refractivity contribution in [3.05, 3.63) is 47.5 Å². The minimum atomic E-state index is -0.590. The second kappa shape index (κ2) is 7.46. The molecule has 0 radical (unpaired) electrons. The SMILES string of the molecule is CC1(C)Oc2ccc(CC#N)cc2O1.N#CCc1ccc(O)c(O)c1. The van der Waals surface area contributed by atoms with E-state index in [2.05, 4.69) is 6.07 Å². The third-order valence-electron chi connectivity index (χ3n) is 3.33. The van der Waals surface area contributed by atoms with Gasteiger partial charge >= 0.3 is 0 Å². The minimum absolute atomic E-state index is 0.160. The summed E-state index contributed by atoms with van der Waals surface area (Å²) >= 11 is 0. The fourth-order valence-electron chi connectivity index (χ4n) is 2.24. The molecule has 128 valence electrons. The number of ether oxygens (including phenoxy) is 2. The second-order valence-corrected chi connectivity index (χ2v) is 5.88. The molecule has 1 heterocycles. The van der Waals surface area contributed by atoms with Crippen LogP contribution >= 0.6 is 0 Å². The van der Waals surface area contributed by atoms with Gasteiger partial charge in [0, 0.05) is 13.8 Å². The molecule has 2 aromatic carbocycles. The van der Waals surface area contributed by atoms with Gasteiger partial charge in [0.15, 0.2) is 23.0 Å². The van der Waals surface area contributed by atoms with E-state index in [1.54, 1.807) is 6.07 Å². The number of rotatable bonds is 2. The highest BCUT2D eigenvalue weighted by Gasteiger charge is 2.31. The van der Waals surface area contributed by atoms with Gasteiger partial charge in [-0.1, -0.05) is 12.1 Å². The summed E-state index contributed by atoms with van der Waals surface area (Å²) in [6, 6.07) is 13.9. The van der Waals surface area contributed by atoms with E-state index >= 15 is 0 Å². The van der Waals surface area contributed by atoms with Crippen molar-refractivity contribution in [1.29, 1.82) is 10.5 Å². The van der Waals surface area contributed by atoms with Crippen LogP contribution in [-0.2, 0) is 12.8 Å². The molecule has 0 aromatic heterocycles. The number of phenolic OH excluding ortho intramolecular Hbond substituents is 2. The molecule has 0 spiro atoms. The molecule has 0 saturated heterocycles. The molecule has 2 aromatic rings. The topological polar surface area (TPSA) is 106 Å². The Labute approximate surface area is 146 Å². The molecular weight excluding hydrogens is 320 g/mol. The lowest BCUT2D eigenvalue weighted by Gasteiger charge is -2.16. The molecule has 1 aliphatic heterocycles. The standard InChI is InChI=1S/C11H11NO2.C8H7NO2/c1-11(2)13-9-4-3-8(5-6-12)7-10(9)14-11;9-4-3-6-1-2-7(10)8(11)5-6/h3-4,7H,5H2,1-2H3;1-2,5,10-11H,3H2. The smallest absolute Gasteiger partial charge is 0.246 e. The van der Waals surface area contributed by atoms with Crippen molar-refractivity contribution in [3.63, 3.8) is 0 Å². The van der Waals surface area contributed by atoms with E-state index in [1.807, 2.05) is 38.1 Å². The first-order valence-corrected chi connectivity index (χ1v) is 7.60. The zero-order chi connectivity index (χ0) is 18.4. The van der Waals surface area contributed by atoms with Crippen molar-refractivity contribution >= 4 is 0 Å². The van der Waals surface area contributed by atoms with Crippen LogP contribution in [0.5, 0.6) is 23.0 Å². The Balaban J connectivity index is 0.000000186. The third kappa shape index (κ3) is 4.79. The lowest BCUT2D eigenvalue weighted by molar-refractivity contribution is -0.0431. The molecule has 0 atom stereocenters. The molecule has 0 bridgehead atoms. The largest absolute Gasteiger partial charge is 0.504 e. The van der Waals surface area contributed by atoms with Gasteiger partial charge in [-0.2, -0.15) is 10.5 Å². The summed E-state index contributed by atoms with van der Waals surface area (Å²) in [4.78, 5) is 0. The third-order valence-corrected chi connectivity index (χ3v) is 3.33. The molecule has 3 rings (SSSR count). The van der Waals surface area contributed by atoms with Crippen LogP contribution in [0.25, 0.3) is 0 Å². The highest BCUT2D eigenvalue weighted by Crippen LogP contribution is 2.39. The zero-order valence-corrected chi connectivity index (χ0v) is 14.0. The first kappa shape index (κ1) is 18.0. The number of benzene rings is 2. The van der Waals surface area contributed by atoms with E-state index in [9.17, 15) is 0 Å². The van der Waals surface area contributed by atoms with Gasteiger partial charge in [-0.25, -0.2) is 0 Å². The van der Waals surface area contributed by atoms with Gasteiger partial charge in [-0.05, 0) is 35.4 Å². The van der Waals surface area contributed by atoms with Gasteiger partial charge in [0.2, 0.25) is 5.79 Å². The van der Waals surface area contributed by atoms with E-state index < -0.39 is 5.79 Å². The molecular formula is C19H18N2O4. The van der Waals surface area contributed by atoms with Crippen LogP contribution < -0.4 is 9.47 Å². The average Bonchev–Trinajstić information content (AvgIpc) is 2.85. The Morgan fingerprint density at radius 3 is 2.00 bits per heavy atom. The first-order chi connectivity index (χ1) is 11.8. The molecule has 1 aliphatic rings. The van der Waals surface area contributed by atoms with Gasteiger partial charge in [0.25, 0.3) is 0 Å². The maximum absolute atomic E-state index is 8.97. The summed E-state index contributed by atoms with van der Waals surface area (Å²) in [5, 5.41) is 34.7. The van der Waals surface area contributed by atoms with Crippen molar-refractivity contribution in [2.45, 2.75) is 32.5 Å². The number of fused-ring (bicyclic) bond motifs is 1. The number of hydrogen-bond acceptors (Lipinski definition) is 6. The predicted octanol–water partition coefficient (Wildman–Crippen LogP) is 3.42. The zero-order valence-electron chi connectivity index (χ0n) is 14.0. The van der Waals surface area contributed by atoms with E-state index in [0.717, 1.165) is 17.1 Å². The summed E-state index contributed by atoms with van der Waals surface area (Å²) in [5.41, 5.74) is 1.65. The minimum Gasteiger partial charge on any atom is -0.504 e. The molecule has 0 unspecified atom stereocenters. The highest BCUT2D eigenvalue weighted by atomic mass is 16.7. The van der Waals surface area contributed by atoms with Gasteiger partial charge in [0.05, 0.1) is 25.0 Å². The normalized spacial score (nSPS) is 13.1. The number of aromatic hydroxyl groups is 2. The van der Waals surface area contributed by atoms with Crippen molar-refractivity contribution in [2.75, 3.05) is 0 Å². The lowest BCUT2D eigenvalue weighted by Crippen LogP contribution is -2.29. The maximum atomic E-state index is 8.97. The molecule has 0 saturated carbocycles. The molecule has 2 N–H and O–H groups in total. The molecule has 25 heavy (non-hydrogen) atoms. The summed E-state index contributed by atoms with van der Waals surface area (Å²) < 4.78 is 11.1. The summed E-state index contributed by atoms with van der Waals surface area (Å²) in [5.74, 6) is 0.539. The molecule has 0 amide bonds. The molecule has 6 heteroatoms. The fraction of sp³-hybridized carbons (Fsp3) is 0.263. The molecule has 6 nitrogen and oxygen atoms in total. The van der Waals surface area contributed by atoms with E-state index in [4.69, 9.17) is 30.2 Å². The number of hydrogen-bond donors (Lipinski definition) is 2. The van der Waals surface area contributed by atoms with Crippen molar-refractivity contribution in [1.82, 2.24) is 0 Å². The van der Waals surface area contributed by atoms with Crippen LogP contribution in [0, 0.1) is 22.7 Å². The maximum Gasteiger partial charge on any atom is 0.246 e. The van der Waals surface area contributed by atoms with Crippen LogP contribution in [0.3, 0.4) is 0 Å². The number of nitrogens with zero attached hydrogens (tertiary/aromatic N) is 2. The van der Waals surface area contributed by atoms with Gasteiger partial charge in [0.1, 0.15) is 0 Å². The Morgan fingerprint density at radius 1 is 0.840 bits per heavy atom. The molecule has 0 aliphatic carbocycles. The van der Waals surface area contributed by atoms with E-state index in [0.29, 0.717) is 12.0 Å². The quantitative estimate of drug-likeness (QED) is 0.813. The predicted molar refractivity (Wildman–Crippen MR) is 90.2 cm³/mol. The van der Waals surface area contributed by atoms with Gasteiger partial charge in [-0.15, -0.1) is 0 Å². The Hall–Kier alpha value is -3.38. The highest BCUT2D eigenvalue weighted by molar-refractivity contribution is 5.46. The number of nitriles is 2. The second-order valence-electron chi connectivity index (χ2n) is 5.88. The van der Waals surface area contributed by atoms with Crippen LogP contribution in [0.2, 0.25) is 0 Å². The summed E-state index contributed by atoms with van der Waals surface area (Å²) in [6.45, 7) is 3.72. The summed E-state index contributed by atoms with van der Waals surface area (Å²) in [7, 11) is 0. The van der Waals surface area contributed by atoms with E-state index in [-0.39, 0.29) is 17.9 Å². The van der Waals surface area contributed by atoms with Gasteiger partial charge in [-0.3, -0.25) is 0 Å². The van der Waals surface area contributed by atoms with Crippen LogP contribution in [0.15, 0.2) is 36.4 Å². The Morgan fingerprint density at radius 2 is 1.40 bits per heavy atom. The number of phenols is 2.